The Balaban J connectivity index is 1.81. The minimum Gasteiger partial charge on any atom is -0.381 e. The average molecular weight is 431 g/mol. The van der Waals surface area contributed by atoms with E-state index in [1.165, 1.54) is 0 Å². The van der Waals surface area contributed by atoms with Crippen LogP contribution in [0.4, 0.5) is 0 Å². The van der Waals surface area contributed by atoms with Crippen LogP contribution in [-0.2, 0) is 22.5 Å². The maximum Gasteiger partial charge on any atom is 0.267 e. The number of ether oxygens (including phenoxy) is 2. The monoisotopic (exact) mass is 430 g/mol. The number of aromatic nitrogens is 2. The predicted molar refractivity (Wildman–Crippen MR) is 120 cm³/mol. The number of nitrogens with zero attached hydrogens (tertiary/aromatic N) is 2. The molecule has 0 radical (unpaired) electrons. The molecule has 1 aromatic carbocycles. The molecule has 4 rings (SSSR count). The second-order valence-corrected chi connectivity index (χ2v) is 9.89. The third-order valence-electron chi connectivity index (χ3n) is 4.90. The fourth-order valence-electron chi connectivity index (χ4n) is 3.51. The lowest BCUT2D eigenvalue weighted by Gasteiger charge is -2.29. The molecule has 0 aliphatic carbocycles. The summed E-state index contributed by atoms with van der Waals surface area (Å²) in [7, 11) is 0. The summed E-state index contributed by atoms with van der Waals surface area (Å²) in [5.41, 5.74) is 1.68. The second-order valence-electron chi connectivity index (χ2n) is 7.74. The third-order valence-corrected chi connectivity index (χ3v) is 6.90. The lowest BCUT2D eigenvalue weighted by molar-refractivity contribution is -0.0379. The minimum atomic E-state index is -0.269. The molecule has 3 aromatic rings. The highest BCUT2D eigenvalue weighted by atomic mass is 32.2. The Labute approximate surface area is 179 Å². The van der Waals surface area contributed by atoms with Crippen molar-refractivity contribution in [3.05, 3.63) is 51.1 Å². The summed E-state index contributed by atoms with van der Waals surface area (Å²) in [6.45, 7) is 8.18. The Bertz CT molecular complexity index is 1060. The summed E-state index contributed by atoms with van der Waals surface area (Å²) in [4.78, 5) is 20.5. The number of fused-ring (bicyclic) bond motifs is 3. The van der Waals surface area contributed by atoms with Crippen LogP contribution in [0.25, 0.3) is 15.9 Å². The van der Waals surface area contributed by atoms with E-state index in [1.807, 2.05) is 30.3 Å². The van der Waals surface area contributed by atoms with Crippen LogP contribution >= 0.6 is 23.1 Å². The molecule has 0 saturated carbocycles. The van der Waals surface area contributed by atoms with Gasteiger partial charge in [0.25, 0.3) is 5.56 Å². The van der Waals surface area contributed by atoms with Crippen molar-refractivity contribution in [2.45, 2.75) is 51.0 Å². The zero-order valence-electron chi connectivity index (χ0n) is 17.1. The van der Waals surface area contributed by atoms with Gasteiger partial charge in [0.05, 0.1) is 29.9 Å². The number of thiophene rings is 1. The zero-order valence-corrected chi connectivity index (χ0v) is 18.7. The van der Waals surface area contributed by atoms with E-state index >= 15 is 0 Å². The van der Waals surface area contributed by atoms with Crippen molar-refractivity contribution in [1.82, 2.24) is 9.55 Å². The molecule has 1 aliphatic heterocycles. The van der Waals surface area contributed by atoms with E-state index in [1.54, 1.807) is 27.7 Å². The normalized spacial score (nSPS) is 15.6. The quantitative estimate of drug-likeness (QED) is 0.306. The summed E-state index contributed by atoms with van der Waals surface area (Å²) in [6.07, 6.45) is 1.73. The molecule has 154 valence electrons. The topological polar surface area (TPSA) is 53.3 Å². The van der Waals surface area contributed by atoms with E-state index in [0.717, 1.165) is 51.5 Å². The van der Waals surface area contributed by atoms with Crippen molar-refractivity contribution in [2.75, 3.05) is 19.0 Å². The molecular weight excluding hydrogens is 404 g/mol. The molecule has 0 spiro atoms. The van der Waals surface area contributed by atoms with Crippen molar-refractivity contribution in [1.29, 1.82) is 0 Å². The molecule has 0 N–H and O–H groups in total. The Morgan fingerprint density at radius 2 is 2.07 bits per heavy atom. The summed E-state index contributed by atoms with van der Waals surface area (Å²) in [6, 6.07) is 9.77. The Hall–Kier alpha value is -1.67. The molecule has 0 bridgehead atoms. The molecule has 7 heteroatoms. The summed E-state index contributed by atoms with van der Waals surface area (Å²) in [5, 5.41) is 1.46. The minimum absolute atomic E-state index is 0.00776. The van der Waals surface area contributed by atoms with Gasteiger partial charge in [-0.1, -0.05) is 36.9 Å². The molecule has 2 aromatic heterocycles. The van der Waals surface area contributed by atoms with Gasteiger partial charge in [-0.15, -0.1) is 11.3 Å². The average Bonchev–Trinajstić information content (AvgIpc) is 3.05. The van der Waals surface area contributed by atoms with Gasteiger partial charge >= 0.3 is 0 Å². The zero-order chi connectivity index (χ0) is 20.4. The number of hydrogen-bond donors (Lipinski definition) is 0. The Kier molecular flexibility index (Phi) is 6.11. The fraction of sp³-hybridized carbons (Fsp3) is 0.455. The standard InChI is InChI=1S/C22H26N2O3S2/c1-4-10-26-11-12-28-21-23-19-18(16-13-22(2,3)27-14-17(16)29-19)20(25)24(21)15-8-6-5-7-9-15/h5-9H,4,10-14H2,1-3H3. The van der Waals surface area contributed by atoms with Gasteiger partial charge in [0.1, 0.15) is 4.83 Å². The van der Waals surface area contributed by atoms with Crippen LogP contribution in [0, 0.1) is 0 Å². The van der Waals surface area contributed by atoms with Gasteiger partial charge in [0.2, 0.25) is 0 Å². The van der Waals surface area contributed by atoms with E-state index in [-0.39, 0.29) is 11.2 Å². The molecule has 0 unspecified atom stereocenters. The molecule has 0 fully saturated rings. The van der Waals surface area contributed by atoms with Crippen LogP contribution in [0.2, 0.25) is 0 Å². The van der Waals surface area contributed by atoms with Crippen LogP contribution in [0.5, 0.6) is 0 Å². The predicted octanol–water partition coefficient (Wildman–Crippen LogP) is 4.82. The van der Waals surface area contributed by atoms with Gasteiger partial charge < -0.3 is 9.47 Å². The first kappa shape index (κ1) is 20.6. The molecule has 0 atom stereocenters. The Morgan fingerprint density at radius 1 is 1.28 bits per heavy atom. The number of hydrogen-bond acceptors (Lipinski definition) is 6. The molecule has 29 heavy (non-hydrogen) atoms. The van der Waals surface area contributed by atoms with Gasteiger partial charge in [0.15, 0.2) is 5.16 Å². The number of rotatable bonds is 7. The van der Waals surface area contributed by atoms with E-state index in [0.29, 0.717) is 18.4 Å². The van der Waals surface area contributed by atoms with Crippen LogP contribution in [0.15, 0.2) is 40.3 Å². The number of benzene rings is 1. The molecule has 0 saturated heterocycles. The first-order valence-electron chi connectivity index (χ1n) is 9.97. The van der Waals surface area contributed by atoms with Crippen LogP contribution < -0.4 is 5.56 Å². The maximum absolute atomic E-state index is 13.7. The highest BCUT2D eigenvalue weighted by Crippen LogP contribution is 2.37. The van der Waals surface area contributed by atoms with E-state index in [2.05, 4.69) is 20.8 Å². The van der Waals surface area contributed by atoms with Crippen molar-refractivity contribution >= 4 is 33.3 Å². The van der Waals surface area contributed by atoms with E-state index < -0.39 is 0 Å². The summed E-state index contributed by atoms with van der Waals surface area (Å²) in [5.74, 6) is 0.756. The van der Waals surface area contributed by atoms with Gasteiger partial charge in [-0.25, -0.2) is 4.98 Å². The number of thioether (sulfide) groups is 1. The van der Waals surface area contributed by atoms with Crippen LogP contribution in [-0.4, -0.2) is 34.1 Å². The summed E-state index contributed by atoms with van der Waals surface area (Å²) >= 11 is 3.16. The SMILES string of the molecule is CCCOCCSc1nc2sc3c(c2c(=O)n1-c1ccccc1)CC(C)(C)OC3. The first-order valence-corrected chi connectivity index (χ1v) is 11.8. The van der Waals surface area contributed by atoms with E-state index in [4.69, 9.17) is 14.5 Å². The molecule has 3 heterocycles. The third kappa shape index (κ3) is 4.28. The highest BCUT2D eigenvalue weighted by Gasteiger charge is 2.31. The lowest BCUT2D eigenvalue weighted by atomic mass is 9.94. The highest BCUT2D eigenvalue weighted by molar-refractivity contribution is 7.99. The van der Waals surface area contributed by atoms with Crippen LogP contribution in [0.1, 0.15) is 37.6 Å². The summed E-state index contributed by atoms with van der Waals surface area (Å²) < 4.78 is 13.3. The number of para-hydroxylation sites is 1. The fourth-order valence-corrected chi connectivity index (χ4v) is 5.52. The molecular formula is C22H26N2O3S2. The molecule has 5 nitrogen and oxygen atoms in total. The second kappa shape index (κ2) is 8.60. The first-order chi connectivity index (χ1) is 14.0. The van der Waals surface area contributed by atoms with Crippen molar-refractivity contribution in [2.24, 2.45) is 0 Å². The molecule has 1 aliphatic rings. The van der Waals surface area contributed by atoms with Crippen molar-refractivity contribution < 1.29 is 9.47 Å². The lowest BCUT2D eigenvalue weighted by Crippen LogP contribution is -2.32. The van der Waals surface area contributed by atoms with Gasteiger partial charge in [-0.3, -0.25) is 9.36 Å². The van der Waals surface area contributed by atoms with Gasteiger partial charge in [-0.2, -0.15) is 0 Å². The van der Waals surface area contributed by atoms with Crippen molar-refractivity contribution in [3.8, 4) is 5.69 Å². The largest absolute Gasteiger partial charge is 0.381 e. The van der Waals surface area contributed by atoms with Gasteiger partial charge in [-0.05, 0) is 38.0 Å². The molecule has 0 amide bonds. The maximum atomic E-state index is 13.7. The van der Waals surface area contributed by atoms with Crippen LogP contribution in [0.3, 0.4) is 0 Å². The van der Waals surface area contributed by atoms with Gasteiger partial charge in [0, 0.05) is 23.7 Å². The Morgan fingerprint density at radius 3 is 2.83 bits per heavy atom. The van der Waals surface area contributed by atoms with Crippen molar-refractivity contribution in [3.63, 3.8) is 0 Å². The van der Waals surface area contributed by atoms with E-state index in [9.17, 15) is 4.79 Å². The smallest absolute Gasteiger partial charge is 0.267 e.